The predicted octanol–water partition coefficient (Wildman–Crippen LogP) is 3.26. The number of aliphatic hydroxyl groups excluding tert-OH is 1. The van der Waals surface area contributed by atoms with Crippen molar-refractivity contribution in [1.82, 2.24) is 19.9 Å². The van der Waals surface area contributed by atoms with Crippen molar-refractivity contribution >= 4 is 0 Å². The number of benzene rings is 1. The second-order valence-corrected chi connectivity index (χ2v) is 7.89. The molecule has 6 heteroatoms. The number of aromatic nitrogens is 3. The first-order valence-electron chi connectivity index (χ1n) is 8.92. The summed E-state index contributed by atoms with van der Waals surface area (Å²) in [7, 11) is 0. The monoisotopic (exact) mass is 346 g/mol. The molecule has 1 saturated heterocycles. The van der Waals surface area contributed by atoms with E-state index in [0.717, 1.165) is 37.2 Å². The molecule has 5 nitrogen and oxygen atoms in total. The van der Waals surface area contributed by atoms with Gasteiger partial charge in [-0.05, 0) is 64.3 Å². The van der Waals surface area contributed by atoms with E-state index in [1.807, 2.05) is 10.9 Å². The number of nitrogens with zero attached hydrogens (tertiary/aromatic N) is 4. The van der Waals surface area contributed by atoms with Crippen LogP contribution in [0.3, 0.4) is 0 Å². The fraction of sp³-hybridized carbons (Fsp3) is 0.579. The van der Waals surface area contributed by atoms with Crippen molar-refractivity contribution in [2.24, 2.45) is 0 Å². The van der Waals surface area contributed by atoms with E-state index in [1.165, 1.54) is 12.1 Å². The summed E-state index contributed by atoms with van der Waals surface area (Å²) in [6.45, 7) is 8.05. The summed E-state index contributed by atoms with van der Waals surface area (Å²) in [6.07, 6.45) is 4.27. The standard InChI is InChI=1S/C19H27FN4O/c1-19(2,3)24-13-16(21-22-24)12-23-10-4-5-17(23)11-18(25)14-6-8-15(20)9-7-14/h6-9,13,17-18,25H,4-5,10-12H2,1-3H3/t17-,18-/m0/s1. The van der Waals surface area contributed by atoms with Crippen LogP contribution in [0.2, 0.25) is 0 Å². The molecule has 2 atom stereocenters. The van der Waals surface area contributed by atoms with E-state index < -0.39 is 6.10 Å². The van der Waals surface area contributed by atoms with Gasteiger partial charge in [0, 0.05) is 12.6 Å². The van der Waals surface area contributed by atoms with Crippen molar-refractivity contribution < 1.29 is 9.50 Å². The minimum absolute atomic E-state index is 0.0750. The Bertz CT molecular complexity index is 692. The van der Waals surface area contributed by atoms with Gasteiger partial charge in [-0.25, -0.2) is 9.07 Å². The number of halogens is 1. The van der Waals surface area contributed by atoms with Crippen LogP contribution in [0.1, 0.15) is 57.4 Å². The Morgan fingerprint density at radius 3 is 2.64 bits per heavy atom. The first-order chi connectivity index (χ1) is 11.8. The van der Waals surface area contributed by atoms with Crippen LogP contribution in [-0.2, 0) is 12.1 Å². The molecule has 0 bridgehead atoms. The van der Waals surface area contributed by atoms with Crippen molar-refractivity contribution in [2.45, 2.75) is 64.3 Å². The number of hydrogen-bond acceptors (Lipinski definition) is 4. The van der Waals surface area contributed by atoms with Crippen molar-refractivity contribution in [2.75, 3.05) is 6.54 Å². The fourth-order valence-electron chi connectivity index (χ4n) is 3.36. The molecule has 0 spiro atoms. The van der Waals surface area contributed by atoms with E-state index in [2.05, 4.69) is 36.0 Å². The van der Waals surface area contributed by atoms with Gasteiger partial charge in [0.2, 0.25) is 0 Å². The lowest BCUT2D eigenvalue weighted by Gasteiger charge is -2.25. The third kappa shape index (κ3) is 4.44. The molecule has 0 unspecified atom stereocenters. The smallest absolute Gasteiger partial charge is 0.123 e. The van der Waals surface area contributed by atoms with Gasteiger partial charge in [-0.15, -0.1) is 5.10 Å². The highest BCUT2D eigenvalue weighted by molar-refractivity contribution is 5.18. The lowest BCUT2D eigenvalue weighted by molar-refractivity contribution is 0.117. The van der Waals surface area contributed by atoms with Gasteiger partial charge in [0.05, 0.1) is 23.5 Å². The molecular weight excluding hydrogens is 319 g/mol. The summed E-state index contributed by atoms with van der Waals surface area (Å²) in [4.78, 5) is 2.36. The molecule has 1 aromatic carbocycles. The maximum Gasteiger partial charge on any atom is 0.123 e. The van der Waals surface area contributed by atoms with Crippen LogP contribution in [-0.4, -0.2) is 37.6 Å². The number of rotatable bonds is 5. The molecule has 136 valence electrons. The lowest BCUT2D eigenvalue weighted by Crippen LogP contribution is -2.30. The van der Waals surface area contributed by atoms with Crippen LogP contribution in [0, 0.1) is 5.82 Å². The number of aliphatic hydroxyl groups is 1. The molecule has 2 aromatic rings. The molecule has 2 heterocycles. The summed E-state index contributed by atoms with van der Waals surface area (Å²) in [5.41, 5.74) is 1.65. The van der Waals surface area contributed by atoms with Gasteiger partial charge in [-0.1, -0.05) is 17.3 Å². The first kappa shape index (κ1) is 18.0. The molecule has 1 aliphatic heterocycles. The third-order valence-corrected chi connectivity index (χ3v) is 4.84. The van der Waals surface area contributed by atoms with Crippen LogP contribution >= 0.6 is 0 Å². The maximum atomic E-state index is 13.0. The molecule has 0 aliphatic carbocycles. The predicted molar refractivity (Wildman–Crippen MR) is 94.4 cm³/mol. The van der Waals surface area contributed by atoms with E-state index in [9.17, 15) is 9.50 Å². The summed E-state index contributed by atoms with van der Waals surface area (Å²) in [6, 6.07) is 6.42. The van der Waals surface area contributed by atoms with Gasteiger partial charge in [0.1, 0.15) is 5.82 Å². The van der Waals surface area contributed by atoms with Gasteiger partial charge in [0.25, 0.3) is 0 Å². The minimum atomic E-state index is -0.573. The zero-order valence-electron chi connectivity index (χ0n) is 15.2. The second kappa shape index (κ2) is 7.22. The van der Waals surface area contributed by atoms with E-state index in [4.69, 9.17) is 0 Å². The summed E-state index contributed by atoms with van der Waals surface area (Å²) in [5.74, 6) is -0.277. The van der Waals surface area contributed by atoms with Crippen LogP contribution in [0.15, 0.2) is 30.5 Å². The van der Waals surface area contributed by atoms with Crippen LogP contribution < -0.4 is 0 Å². The van der Waals surface area contributed by atoms with E-state index in [1.54, 1.807) is 12.1 Å². The Hall–Kier alpha value is -1.79. The number of likely N-dealkylation sites (tertiary alicyclic amines) is 1. The Labute approximate surface area is 148 Å². The van der Waals surface area contributed by atoms with Crippen molar-refractivity contribution in [3.8, 4) is 0 Å². The Morgan fingerprint density at radius 1 is 1.28 bits per heavy atom. The highest BCUT2D eigenvalue weighted by Gasteiger charge is 2.28. The average molecular weight is 346 g/mol. The Morgan fingerprint density at radius 2 is 2.00 bits per heavy atom. The molecule has 3 rings (SSSR count). The summed E-state index contributed by atoms with van der Waals surface area (Å²) < 4.78 is 14.9. The minimum Gasteiger partial charge on any atom is -0.388 e. The quantitative estimate of drug-likeness (QED) is 0.903. The highest BCUT2D eigenvalue weighted by atomic mass is 19.1. The Balaban J connectivity index is 1.62. The molecule has 0 radical (unpaired) electrons. The number of hydrogen-bond donors (Lipinski definition) is 1. The first-order valence-corrected chi connectivity index (χ1v) is 8.92. The zero-order chi connectivity index (χ0) is 18.0. The summed E-state index contributed by atoms with van der Waals surface area (Å²) >= 11 is 0. The van der Waals surface area contributed by atoms with Crippen LogP contribution in [0.25, 0.3) is 0 Å². The molecule has 25 heavy (non-hydrogen) atoms. The van der Waals surface area contributed by atoms with E-state index in [-0.39, 0.29) is 11.4 Å². The van der Waals surface area contributed by atoms with Crippen molar-refractivity contribution in [1.29, 1.82) is 0 Å². The molecular formula is C19H27FN4O. The molecule has 0 saturated carbocycles. The molecule has 1 aliphatic rings. The van der Waals surface area contributed by atoms with Gasteiger partial charge in [-0.2, -0.15) is 0 Å². The Kier molecular flexibility index (Phi) is 5.20. The highest BCUT2D eigenvalue weighted by Crippen LogP contribution is 2.28. The van der Waals surface area contributed by atoms with E-state index >= 15 is 0 Å². The molecule has 1 N–H and O–H groups in total. The second-order valence-electron chi connectivity index (χ2n) is 7.89. The zero-order valence-corrected chi connectivity index (χ0v) is 15.2. The van der Waals surface area contributed by atoms with Gasteiger partial charge < -0.3 is 5.11 Å². The van der Waals surface area contributed by atoms with Gasteiger partial charge in [0.15, 0.2) is 0 Å². The third-order valence-electron chi connectivity index (χ3n) is 4.84. The average Bonchev–Trinajstić information content (AvgIpc) is 3.18. The van der Waals surface area contributed by atoms with Gasteiger partial charge >= 0.3 is 0 Å². The molecule has 1 aromatic heterocycles. The van der Waals surface area contributed by atoms with Crippen molar-refractivity contribution in [3.05, 3.63) is 47.5 Å². The van der Waals surface area contributed by atoms with Gasteiger partial charge in [-0.3, -0.25) is 4.90 Å². The lowest BCUT2D eigenvalue weighted by atomic mass is 10.0. The van der Waals surface area contributed by atoms with Crippen LogP contribution in [0.5, 0.6) is 0 Å². The largest absolute Gasteiger partial charge is 0.388 e. The normalized spacial score (nSPS) is 20.1. The molecule has 0 amide bonds. The topological polar surface area (TPSA) is 54.2 Å². The molecule has 1 fully saturated rings. The SMILES string of the molecule is CC(C)(C)n1cc(CN2CCC[C@H]2C[C@H](O)c2ccc(F)cc2)nn1. The maximum absolute atomic E-state index is 13.0. The van der Waals surface area contributed by atoms with Crippen molar-refractivity contribution in [3.63, 3.8) is 0 Å². The van der Waals surface area contributed by atoms with Crippen LogP contribution in [0.4, 0.5) is 4.39 Å². The van der Waals surface area contributed by atoms with E-state index in [0.29, 0.717) is 12.5 Å². The fourth-order valence-corrected chi connectivity index (χ4v) is 3.36. The summed E-state index contributed by atoms with van der Waals surface area (Å²) in [5, 5.41) is 19.0.